The molecule has 2 aromatic carbocycles. The maximum Gasteiger partial charge on any atom is 0.228 e. The molecule has 20 heavy (non-hydrogen) atoms. The summed E-state index contributed by atoms with van der Waals surface area (Å²) in [6.45, 7) is 2.00. The zero-order valence-electron chi connectivity index (χ0n) is 11.1. The molecule has 1 amide bonds. The number of amides is 1. The summed E-state index contributed by atoms with van der Waals surface area (Å²) in [6.07, 6.45) is 0.209. The van der Waals surface area contributed by atoms with E-state index in [-0.39, 0.29) is 18.1 Å². The van der Waals surface area contributed by atoms with E-state index < -0.39 is 6.04 Å². The first-order valence-corrected chi connectivity index (χ1v) is 6.49. The van der Waals surface area contributed by atoms with Crippen LogP contribution in [-0.4, -0.2) is 5.91 Å². The molecule has 102 valence electrons. The Morgan fingerprint density at radius 1 is 1.25 bits per heavy atom. The SMILES string of the molecule is Cc1ccc(C(N)c2cc(F)cc3c2NC(=O)C3)cc1. The van der Waals surface area contributed by atoms with Crippen LogP contribution in [0.3, 0.4) is 0 Å². The summed E-state index contributed by atoms with van der Waals surface area (Å²) in [6, 6.07) is 10.1. The van der Waals surface area contributed by atoms with E-state index in [1.807, 2.05) is 31.2 Å². The van der Waals surface area contributed by atoms with Gasteiger partial charge >= 0.3 is 0 Å². The molecule has 3 rings (SSSR count). The van der Waals surface area contributed by atoms with Gasteiger partial charge in [-0.3, -0.25) is 4.79 Å². The van der Waals surface area contributed by atoms with Gasteiger partial charge in [0, 0.05) is 11.3 Å². The Bertz CT molecular complexity index is 680. The van der Waals surface area contributed by atoms with Crippen LogP contribution in [0, 0.1) is 12.7 Å². The van der Waals surface area contributed by atoms with Crippen LogP contribution in [0.2, 0.25) is 0 Å². The number of rotatable bonds is 2. The highest BCUT2D eigenvalue weighted by Crippen LogP contribution is 2.34. The molecule has 0 aromatic heterocycles. The third kappa shape index (κ3) is 2.18. The minimum atomic E-state index is -0.460. The molecule has 1 atom stereocenters. The van der Waals surface area contributed by atoms with Crippen molar-refractivity contribution < 1.29 is 9.18 Å². The molecular formula is C16H15FN2O. The van der Waals surface area contributed by atoms with Crippen LogP contribution in [0.15, 0.2) is 36.4 Å². The van der Waals surface area contributed by atoms with Crippen LogP contribution < -0.4 is 11.1 Å². The molecule has 3 nitrogen and oxygen atoms in total. The maximum absolute atomic E-state index is 13.7. The summed E-state index contributed by atoms with van der Waals surface area (Å²) in [5.74, 6) is -0.485. The van der Waals surface area contributed by atoms with Crippen LogP contribution in [-0.2, 0) is 11.2 Å². The van der Waals surface area contributed by atoms with Gasteiger partial charge in [0.1, 0.15) is 5.82 Å². The lowest BCUT2D eigenvalue weighted by atomic mass is 9.95. The highest BCUT2D eigenvalue weighted by molar-refractivity contribution is 6.00. The fourth-order valence-electron chi connectivity index (χ4n) is 2.53. The normalized spacial score (nSPS) is 14.8. The number of fused-ring (bicyclic) bond motifs is 1. The first-order chi connectivity index (χ1) is 9.54. The topological polar surface area (TPSA) is 55.1 Å². The predicted octanol–water partition coefficient (Wildman–Crippen LogP) is 2.68. The number of anilines is 1. The van der Waals surface area contributed by atoms with Crippen molar-refractivity contribution in [3.63, 3.8) is 0 Å². The Hall–Kier alpha value is -2.20. The smallest absolute Gasteiger partial charge is 0.228 e. The number of aryl methyl sites for hydroxylation is 1. The molecule has 1 aliphatic rings. The van der Waals surface area contributed by atoms with E-state index in [4.69, 9.17) is 5.73 Å². The second-order valence-corrected chi connectivity index (χ2v) is 5.14. The number of halogens is 1. The van der Waals surface area contributed by atoms with Crippen molar-refractivity contribution in [3.05, 3.63) is 64.5 Å². The molecule has 0 spiro atoms. The fourth-order valence-corrected chi connectivity index (χ4v) is 2.53. The molecule has 0 aliphatic carbocycles. The average Bonchev–Trinajstić information content (AvgIpc) is 2.78. The monoisotopic (exact) mass is 270 g/mol. The van der Waals surface area contributed by atoms with Crippen LogP contribution in [0.4, 0.5) is 10.1 Å². The van der Waals surface area contributed by atoms with Crippen molar-refractivity contribution in [1.29, 1.82) is 0 Å². The van der Waals surface area contributed by atoms with E-state index in [1.54, 1.807) is 0 Å². The van der Waals surface area contributed by atoms with Crippen LogP contribution in [0.1, 0.15) is 28.3 Å². The van der Waals surface area contributed by atoms with Crippen molar-refractivity contribution in [2.45, 2.75) is 19.4 Å². The number of benzene rings is 2. The highest BCUT2D eigenvalue weighted by Gasteiger charge is 2.25. The molecule has 0 radical (unpaired) electrons. The van der Waals surface area contributed by atoms with E-state index in [1.165, 1.54) is 12.1 Å². The third-order valence-electron chi connectivity index (χ3n) is 3.60. The van der Waals surface area contributed by atoms with Crippen molar-refractivity contribution in [2.75, 3.05) is 5.32 Å². The lowest BCUT2D eigenvalue weighted by Gasteiger charge is -2.17. The standard InChI is InChI=1S/C16H15FN2O/c1-9-2-4-10(5-3-9)15(18)13-8-12(17)6-11-7-14(20)19-16(11)13/h2-6,8,15H,7,18H2,1H3,(H,19,20). The summed E-state index contributed by atoms with van der Waals surface area (Å²) in [7, 11) is 0. The van der Waals surface area contributed by atoms with Gasteiger partial charge in [-0.05, 0) is 30.2 Å². The first-order valence-electron chi connectivity index (χ1n) is 6.49. The largest absolute Gasteiger partial charge is 0.325 e. The lowest BCUT2D eigenvalue weighted by Crippen LogP contribution is -2.15. The predicted molar refractivity (Wildman–Crippen MR) is 75.9 cm³/mol. The van der Waals surface area contributed by atoms with Crippen molar-refractivity contribution in [1.82, 2.24) is 0 Å². The maximum atomic E-state index is 13.7. The van der Waals surface area contributed by atoms with E-state index >= 15 is 0 Å². The van der Waals surface area contributed by atoms with Gasteiger partial charge in [-0.15, -0.1) is 0 Å². The third-order valence-corrected chi connectivity index (χ3v) is 3.60. The second kappa shape index (κ2) is 4.72. The van der Waals surface area contributed by atoms with Gasteiger partial charge in [-0.1, -0.05) is 29.8 Å². The van der Waals surface area contributed by atoms with Gasteiger partial charge in [0.05, 0.1) is 12.5 Å². The molecule has 0 fully saturated rings. The first kappa shape index (κ1) is 12.8. The Morgan fingerprint density at radius 3 is 2.65 bits per heavy atom. The van der Waals surface area contributed by atoms with Gasteiger partial charge in [0.2, 0.25) is 5.91 Å². The quantitative estimate of drug-likeness (QED) is 0.881. The van der Waals surface area contributed by atoms with Crippen LogP contribution in [0.5, 0.6) is 0 Å². The molecule has 1 heterocycles. The van der Waals surface area contributed by atoms with Crippen LogP contribution >= 0.6 is 0 Å². The summed E-state index contributed by atoms with van der Waals surface area (Å²) in [5.41, 5.74) is 10.2. The van der Waals surface area contributed by atoms with Gasteiger partial charge in [0.25, 0.3) is 0 Å². The number of carbonyl (C=O) groups excluding carboxylic acids is 1. The van der Waals surface area contributed by atoms with Gasteiger partial charge in [-0.2, -0.15) is 0 Å². The Morgan fingerprint density at radius 2 is 1.95 bits per heavy atom. The number of hydrogen-bond acceptors (Lipinski definition) is 2. The number of nitrogens with one attached hydrogen (secondary N) is 1. The Balaban J connectivity index is 2.06. The summed E-state index contributed by atoms with van der Waals surface area (Å²) < 4.78 is 13.7. The minimum absolute atomic E-state index is 0.122. The molecule has 2 aromatic rings. The zero-order valence-corrected chi connectivity index (χ0v) is 11.1. The van der Waals surface area contributed by atoms with Crippen molar-refractivity contribution in [2.24, 2.45) is 5.73 Å². The molecule has 0 bridgehead atoms. The summed E-state index contributed by atoms with van der Waals surface area (Å²) >= 11 is 0. The fraction of sp³-hybridized carbons (Fsp3) is 0.188. The summed E-state index contributed by atoms with van der Waals surface area (Å²) in [4.78, 5) is 11.5. The van der Waals surface area contributed by atoms with Gasteiger partial charge in [0.15, 0.2) is 0 Å². The zero-order chi connectivity index (χ0) is 14.3. The highest BCUT2D eigenvalue weighted by atomic mass is 19.1. The van der Waals surface area contributed by atoms with Crippen molar-refractivity contribution in [3.8, 4) is 0 Å². The molecule has 1 aliphatic heterocycles. The van der Waals surface area contributed by atoms with Gasteiger partial charge < -0.3 is 11.1 Å². The van der Waals surface area contributed by atoms with E-state index in [9.17, 15) is 9.18 Å². The van der Waals surface area contributed by atoms with Crippen molar-refractivity contribution >= 4 is 11.6 Å². The molecule has 1 unspecified atom stereocenters. The number of nitrogens with two attached hydrogens (primary N) is 1. The number of carbonyl (C=O) groups is 1. The molecular weight excluding hydrogens is 255 g/mol. The molecule has 3 N–H and O–H groups in total. The van der Waals surface area contributed by atoms with E-state index in [0.29, 0.717) is 16.8 Å². The van der Waals surface area contributed by atoms with Gasteiger partial charge in [-0.25, -0.2) is 4.39 Å². The molecule has 4 heteroatoms. The number of hydrogen-bond donors (Lipinski definition) is 2. The molecule has 0 saturated carbocycles. The van der Waals surface area contributed by atoms with Crippen LogP contribution in [0.25, 0.3) is 0 Å². The van der Waals surface area contributed by atoms with E-state index in [2.05, 4.69) is 5.32 Å². The summed E-state index contributed by atoms with van der Waals surface area (Å²) in [5, 5.41) is 2.77. The van der Waals surface area contributed by atoms with E-state index in [0.717, 1.165) is 11.1 Å². The average molecular weight is 270 g/mol. The lowest BCUT2D eigenvalue weighted by molar-refractivity contribution is -0.115. The minimum Gasteiger partial charge on any atom is -0.325 e. The second-order valence-electron chi connectivity index (χ2n) is 5.14. The Kier molecular flexibility index (Phi) is 3.03. The Labute approximate surface area is 116 Å². The molecule has 0 saturated heterocycles.